The van der Waals surface area contributed by atoms with Gasteiger partial charge in [0.2, 0.25) is 0 Å². The van der Waals surface area contributed by atoms with Gasteiger partial charge in [0, 0.05) is 31.2 Å². The molecule has 8 heteroatoms. The molecular formula is C23H28N6OS. The summed E-state index contributed by atoms with van der Waals surface area (Å²) in [7, 11) is 0. The van der Waals surface area contributed by atoms with Crippen molar-refractivity contribution >= 4 is 17.6 Å². The van der Waals surface area contributed by atoms with Gasteiger partial charge in [-0.05, 0) is 31.4 Å². The van der Waals surface area contributed by atoms with E-state index < -0.39 is 0 Å². The fraction of sp³-hybridized carbons (Fsp3) is 0.565. The highest BCUT2D eigenvalue weighted by molar-refractivity contribution is 7.99. The largest absolute Gasteiger partial charge is 0.382 e. The number of nitrogen functional groups attached to an aromatic ring is 1. The third-order valence-corrected chi connectivity index (χ3v) is 7.36. The van der Waals surface area contributed by atoms with Gasteiger partial charge in [0.1, 0.15) is 11.6 Å². The predicted molar refractivity (Wildman–Crippen MR) is 123 cm³/mol. The molecule has 31 heavy (non-hydrogen) atoms. The lowest BCUT2D eigenvalue weighted by molar-refractivity contribution is 0.419. The summed E-state index contributed by atoms with van der Waals surface area (Å²) in [6.07, 6.45) is 13.1. The second kappa shape index (κ2) is 10.1. The molecule has 162 valence electrons. The van der Waals surface area contributed by atoms with Gasteiger partial charge in [-0.3, -0.25) is 4.57 Å². The molecule has 7 nitrogen and oxygen atoms in total. The Labute approximate surface area is 187 Å². The molecule has 2 aromatic heterocycles. The van der Waals surface area contributed by atoms with Crippen molar-refractivity contribution in [2.24, 2.45) is 0 Å². The molecular weight excluding hydrogens is 408 g/mol. The number of nitrogens with zero attached hydrogens (tertiary/aromatic N) is 5. The van der Waals surface area contributed by atoms with Gasteiger partial charge in [-0.25, -0.2) is 9.78 Å². The number of nitrogens with two attached hydrogens (primary N) is 1. The molecule has 0 spiro atoms. The van der Waals surface area contributed by atoms with Crippen molar-refractivity contribution in [3.63, 3.8) is 0 Å². The first kappa shape index (κ1) is 21.5. The summed E-state index contributed by atoms with van der Waals surface area (Å²) in [6.45, 7) is 0.502. The number of rotatable bonds is 5. The lowest BCUT2D eigenvalue weighted by Crippen LogP contribution is -2.26. The Hall–Kier alpha value is -2.71. The number of nitriles is 1. The molecule has 0 aromatic carbocycles. The first-order chi connectivity index (χ1) is 15.2. The molecule has 0 bridgehead atoms. The van der Waals surface area contributed by atoms with Crippen molar-refractivity contribution in [2.45, 2.75) is 75.6 Å². The minimum absolute atomic E-state index is 0.121. The quantitative estimate of drug-likeness (QED) is 0.719. The van der Waals surface area contributed by atoms with Gasteiger partial charge in [0.25, 0.3) is 0 Å². The number of aryl methyl sites for hydroxylation is 1. The first-order valence-corrected chi connectivity index (χ1v) is 12.1. The maximum absolute atomic E-state index is 12.3. The standard InChI is InChI=1S/C23H28N6OS/c24-12-4-10-19-16-28(22(26-19)17-7-2-1-3-8-17)13-5-9-18-15-29(20-11-6-14-31-20)23(30)27-21(18)25/h15-17,20H,1-4,6-8,10-11,13-14H2,(H2,25,27,30). The van der Waals surface area contributed by atoms with Crippen LogP contribution in [0.25, 0.3) is 0 Å². The van der Waals surface area contributed by atoms with E-state index in [1.807, 2.05) is 6.20 Å². The van der Waals surface area contributed by atoms with E-state index in [-0.39, 0.29) is 16.9 Å². The number of anilines is 1. The molecule has 2 fully saturated rings. The van der Waals surface area contributed by atoms with Gasteiger partial charge in [0.15, 0.2) is 0 Å². The van der Waals surface area contributed by atoms with Crippen LogP contribution in [0.5, 0.6) is 0 Å². The van der Waals surface area contributed by atoms with Gasteiger partial charge < -0.3 is 10.3 Å². The number of hydrogen-bond acceptors (Lipinski definition) is 6. The Morgan fingerprint density at radius 2 is 2.00 bits per heavy atom. The predicted octanol–water partition coefficient (Wildman–Crippen LogP) is 3.60. The fourth-order valence-electron chi connectivity index (χ4n) is 4.39. The summed E-state index contributed by atoms with van der Waals surface area (Å²) in [5.74, 6) is 9.12. The number of aromatic nitrogens is 4. The summed E-state index contributed by atoms with van der Waals surface area (Å²) in [6, 6.07) is 2.20. The number of thioether (sulfide) groups is 1. The lowest BCUT2D eigenvalue weighted by Gasteiger charge is -2.21. The van der Waals surface area contributed by atoms with Gasteiger partial charge >= 0.3 is 5.69 Å². The fourth-order valence-corrected chi connectivity index (χ4v) is 5.64. The smallest absolute Gasteiger partial charge is 0.350 e. The topological polar surface area (TPSA) is 103 Å². The second-order valence-electron chi connectivity index (χ2n) is 8.21. The second-order valence-corrected chi connectivity index (χ2v) is 9.50. The lowest BCUT2D eigenvalue weighted by atomic mass is 9.88. The third kappa shape index (κ3) is 5.14. The Kier molecular flexibility index (Phi) is 6.99. The maximum Gasteiger partial charge on any atom is 0.350 e. The Balaban J connectivity index is 1.57. The normalized spacial score (nSPS) is 19.0. The zero-order valence-electron chi connectivity index (χ0n) is 17.7. The third-order valence-electron chi connectivity index (χ3n) is 5.99. The molecule has 4 rings (SSSR count). The van der Waals surface area contributed by atoms with Crippen LogP contribution >= 0.6 is 11.8 Å². The molecule has 0 amide bonds. The summed E-state index contributed by atoms with van der Waals surface area (Å²) in [5, 5.41) is 9.04. The van der Waals surface area contributed by atoms with Crippen molar-refractivity contribution in [3.05, 3.63) is 40.0 Å². The first-order valence-electron chi connectivity index (χ1n) is 11.1. The molecule has 0 radical (unpaired) electrons. The average Bonchev–Trinajstić information content (AvgIpc) is 3.45. The van der Waals surface area contributed by atoms with E-state index in [0.29, 0.717) is 30.9 Å². The van der Waals surface area contributed by atoms with Crippen molar-refractivity contribution in [1.82, 2.24) is 19.1 Å². The highest BCUT2D eigenvalue weighted by Gasteiger charge is 2.22. The monoisotopic (exact) mass is 436 g/mol. The number of imidazole rings is 1. The Bertz CT molecular complexity index is 1070. The van der Waals surface area contributed by atoms with Crippen LogP contribution in [0.2, 0.25) is 0 Å². The Morgan fingerprint density at radius 3 is 2.74 bits per heavy atom. The van der Waals surface area contributed by atoms with Crippen LogP contribution in [0.4, 0.5) is 5.82 Å². The Morgan fingerprint density at radius 1 is 1.16 bits per heavy atom. The van der Waals surface area contributed by atoms with Gasteiger partial charge in [-0.15, -0.1) is 11.8 Å². The van der Waals surface area contributed by atoms with Crippen molar-refractivity contribution in [3.8, 4) is 17.9 Å². The van der Waals surface area contributed by atoms with E-state index in [0.717, 1.165) is 43.0 Å². The molecule has 1 saturated heterocycles. The van der Waals surface area contributed by atoms with Crippen LogP contribution < -0.4 is 11.4 Å². The highest BCUT2D eigenvalue weighted by Crippen LogP contribution is 2.34. The van der Waals surface area contributed by atoms with E-state index in [1.54, 1.807) is 22.5 Å². The average molecular weight is 437 g/mol. The summed E-state index contributed by atoms with van der Waals surface area (Å²) in [4.78, 5) is 21.1. The van der Waals surface area contributed by atoms with Crippen LogP contribution in [0, 0.1) is 23.2 Å². The maximum atomic E-state index is 12.3. The summed E-state index contributed by atoms with van der Waals surface area (Å²) >= 11 is 1.77. The molecule has 1 aliphatic heterocycles. The van der Waals surface area contributed by atoms with Gasteiger partial charge in [0.05, 0.1) is 29.2 Å². The zero-order chi connectivity index (χ0) is 21.6. The van der Waals surface area contributed by atoms with Gasteiger partial charge in [-0.1, -0.05) is 31.1 Å². The SMILES string of the molecule is N#CCCc1cn(CC#Cc2cn(C3CCCS3)c(=O)nc2N)c(C2CCCCC2)n1. The van der Waals surface area contributed by atoms with Crippen LogP contribution in [0.3, 0.4) is 0 Å². The van der Waals surface area contributed by atoms with E-state index in [9.17, 15) is 4.79 Å². The van der Waals surface area contributed by atoms with Crippen LogP contribution in [0.15, 0.2) is 17.2 Å². The van der Waals surface area contributed by atoms with E-state index >= 15 is 0 Å². The molecule has 2 N–H and O–H groups in total. The minimum atomic E-state index is -0.307. The van der Waals surface area contributed by atoms with Crippen molar-refractivity contribution in [2.75, 3.05) is 11.5 Å². The summed E-state index contributed by atoms with van der Waals surface area (Å²) < 4.78 is 3.80. The molecule has 1 saturated carbocycles. The molecule has 3 heterocycles. The summed E-state index contributed by atoms with van der Waals surface area (Å²) in [5.41, 5.74) is 7.23. The molecule has 1 aliphatic carbocycles. The van der Waals surface area contributed by atoms with E-state index in [4.69, 9.17) is 16.0 Å². The minimum Gasteiger partial charge on any atom is -0.382 e. The van der Waals surface area contributed by atoms with Crippen molar-refractivity contribution in [1.29, 1.82) is 5.26 Å². The van der Waals surface area contributed by atoms with E-state index in [1.165, 1.54) is 19.3 Å². The molecule has 2 aliphatic rings. The van der Waals surface area contributed by atoms with Gasteiger partial charge in [-0.2, -0.15) is 10.2 Å². The van der Waals surface area contributed by atoms with Crippen molar-refractivity contribution < 1.29 is 0 Å². The molecule has 2 aromatic rings. The van der Waals surface area contributed by atoms with E-state index in [2.05, 4.69) is 27.5 Å². The zero-order valence-corrected chi connectivity index (χ0v) is 18.5. The highest BCUT2D eigenvalue weighted by atomic mass is 32.2. The van der Waals surface area contributed by atoms with Crippen LogP contribution in [-0.4, -0.2) is 24.9 Å². The molecule has 1 unspecified atom stereocenters. The molecule has 1 atom stereocenters. The number of hydrogen-bond donors (Lipinski definition) is 1. The van der Waals surface area contributed by atoms with Crippen LogP contribution in [-0.2, 0) is 13.0 Å². The van der Waals surface area contributed by atoms with Crippen LogP contribution in [0.1, 0.15) is 79.7 Å².